The van der Waals surface area contributed by atoms with Gasteiger partial charge in [0, 0.05) is 39.7 Å². The van der Waals surface area contributed by atoms with Gasteiger partial charge < -0.3 is 4.84 Å². The number of hydrogen-bond donors (Lipinski definition) is 0. The van der Waals surface area contributed by atoms with E-state index >= 15 is 0 Å². The molecule has 142 valence electrons. The number of aryl methyl sites for hydroxylation is 1. The van der Waals surface area contributed by atoms with Crippen LogP contribution in [0.1, 0.15) is 23.1 Å². The Morgan fingerprint density at radius 1 is 1.15 bits per heavy atom. The molecule has 2 aromatic carbocycles. The maximum atomic E-state index is 13.9. The first kappa shape index (κ1) is 19.4. The van der Waals surface area contributed by atoms with Gasteiger partial charge in [-0.2, -0.15) is 13.2 Å². The number of non-ortho nitro benzene ring substituents is 1. The molecule has 10 heteroatoms. The number of oxime groups is 1. The molecule has 0 amide bonds. The Hall–Kier alpha value is -2.32. The van der Waals surface area contributed by atoms with E-state index in [1.807, 2.05) is 0 Å². The number of benzene rings is 2. The van der Waals surface area contributed by atoms with Gasteiger partial charge in [0.25, 0.3) is 11.3 Å². The van der Waals surface area contributed by atoms with E-state index in [0.29, 0.717) is 5.56 Å². The summed E-state index contributed by atoms with van der Waals surface area (Å²) in [6, 6.07) is 7.50. The van der Waals surface area contributed by atoms with Crippen molar-refractivity contribution in [2.24, 2.45) is 5.16 Å². The van der Waals surface area contributed by atoms with Gasteiger partial charge in [-0.15, -0.1) is 0 Å². The van der Waals surface area contributed by atoms with Gasteiger partial charge in [0.15, 0.2) is 0 Å². The molecule has 0 bridgehead atoms. The average molecular weight is 419 g/mol. The molecule has 0 saturated heterocycles. The van der Waals surface area contributed by atoms with Crippen molar-refractivity contribution in [3.8, 4) is 0 Å². The van der Waals surface area contributed by atoms with E-state index in [1.54, 1.807) is 6.92 Å². The lowest BCUT2D eigenvalue weighted by Gasteiger charge is -2.29. The normalized spacial score (nSPS) is 19.6. The van der Waals surface area contributed by atoms with Gasteiger partial charge in [0.1, 0.15) is 0 Å². The summed E-state index contributed by atoms with van der Waals surface area (Å²) in [5.41, 5.74) is -2.69. The van der Waals surface area contributed by atoms with Crippen LogP contribution in [0.3, 0.4) is 0 Å². The molecule has 1 unspecified atom stereocenters. The molecule has 0 fully saturated rings. The zero-order valence-corrected chi connectivity index (χ0v) is 15.2. The zero-order valence-electron chi connectivity index (χ0n) is 13.7. The summed E-state index contributed by atoms with van der Waals surface area (Å²) in [6.45, 7) is 1.60. The van der Waals surface area contributed by atoms with Crippen LogP contribution in [0.4, 0.5) is 18.9 Å². The highest BCUT2D eigenvalue weighted by molar-refractivity contribution is 6.34. The van der Waals surface area contributed by atoms with Gasteiger partial charge in [-0.1, -0.05) is 28.4 Å². The Morgan fingerprint density at radius 3 is 2.33 bits per heavy atom. The van der Waals surface area contributed by atoms with Crippen molar-refractivity contribution in [2.75, 3.05) is 0 Å². The molecule has 5 nitrogen and oxygen atoms in total. The molecule has 0 saturated carbocycles. The van der Waals surface area contributed by atoms with Crippen molar-refractivity contribution in [1.29, 1.82) is 0 Å². The first-order valence-corrected chi connectivity index (χ1v) is 8.32. The summed E-state index contributed by atoms with van der Waals surface area (Å²) in [5, 5.41) is 14.7. The molecule has 27 heavy (non-hydrogen) atoms. The van der Waals surface area contributed by atoms with Crippen LogP contribution in [0.25, 0.3) is 0 Å². The van der Waals surface area contributed by atoms with Crippen molar-refractivity contribution in [3.63, 3.8) is 0 Å². The van der Waals surface area contributed by atoms with Crippen molar-refractivity contribution in [1.82, 2.24) is 0 Å². The number of nitro groups is 1. The van der Waals surface area contributed by atoms with E-state index in [-0.39, 0.29) is 32.6 Å². The lowest BCUT2D eigenvalue weighted by Crippen LogP contribution is -2.42. The van der Waals surface area contributed by atoms with Crippen LogP contribution in [0.2, 0.25) is 10.0 Å². The van der Waals surface area contributed by atoms with Crippen molar-refractivity contribution in [2.45, 2.75) is 25.1 Å². The van der Waals surface area contributed by atoms with Crippen LogP contribution in [0, 0.1) is 17.0 Å². The molecule has 1 heterocycles. The van der Waals surface area contributed by atoms with Crippen molar-refractivity contribution in [3.05, 3.63) is 73.2 Å². The van der Waals surface area contributed by atoms with Crippen molar-refractivity contribution >= 4 is 34.6 Å². The number of nitro benzene ring substituents is 1. The molecular formula is C17H11Cl2F3N2O3. The Bertz CT molecular complexity index is 943. The van der Waals surface area contributed by atoms with E-state index in [2.05, 4.69) is 5.16 Å². The second-order valence-corrected chi connectivity index (χ2v) is 6.98. The van der Waals surface area contributed by atoms with Gasteiger partial charge in [0.05, 0.1) is 10.6 Å². The summed E-state index contributed by atoms with van der Waals surface area (Å²) in [5.74, 6) is 0. The minimum Gasteiger partial charge on any atom is -0.374 e. The SMILES string of the molecule is Cc1cc(C2=NOC(c3cc(Cl)cc(Cl)c3)(C(F)(F)F)C2)cc([N+](=O)[O-])c1. The Balaban J connectivity index is 2.07. The highest BCUT2D eigenvalue weighted by Crippen LogP contribution is 2.49. The number of alkyl halides is 3. The minimum atomic E-state index is -4.83. The quantitative estimate of drug-likeness (QED) is 0.467. The van der Waals surface area contributed by atoms with E-state index < -0.39 is 23.1 Å². The summed E-state index contributed by atoms with van der Waals surface area (Å²) in [7, 11) is 0. The zero-order chi connectivity index (χ0) is 20.0. The first-order chi connectivity index (χ1) is 12.5. The monoisotopic (exact) mass is 418 g/mol. The molecule has 2 aromatic rings. The van der Waals surface area contributed by atoms with E-state index in [9.17, 15) is 23.3 Å². The summed E-state index contributed by atoms with van der Waals surface area (Å²) in [6.07, 6.45) is -5.50. The van der Waals surface area contributed by atoms with Crippen LogP contribution in [0.5, 0.6) is 0 Å². The summed E-state index contributed by atoms with van der Waals surface area (Å²) < 4.78 is 41.8. The van der Waals surface area contributed by atoms with Crippen LogP contribution in [-0.4, -0.2) is 16.8 Å². The van der Waals surface area contributed by atoms with Gasteiger partial charge >= 0.3 is 6.18 Å². The van der Waals surface area contributed by atoms with E-state index in [4.69, 9.17) is 28.0 Å². The van der Waals surface area contributed by atoms with Crippen LogP contribution >= 0.6 is 23.2 Å². The molecule has 1 aliphatic rings. The predicted molar refractivity (Wildman–Crippen MR) is 94.3 cm³/mol. The lowest BCUT2D eigenvalue weighted by atomic mass is 9.86. The summed E-state index contributed by atoms with van der Waals surface area (Å²) >= 11 is 11.7. The van der Waals surface area contributed by atoms with Gasteiger partial charge in [0.2, 0.25) is 0 Å². The fourth-order valence-corrected chi connectivity index (χ4v) is 3.41. The van der Waals surface area contributed by atoms with Crippen LogP contribution in [-0.2, 0) is 10.4 Å². The minimum absolute atomic E-state index is 0.0179. The second kappa shape index (κ2) is 6.69. The fourth-order valence-electron chi connectivity index (χ4n) is 2.88. The van der Waals surface area contributed by atoms with Gasteiger partial charge in [-0.05, 0) is 36.8 Å². The van der Waals surface area contributed by atoms with Gasteiger partial charge in [-0.25, -0.2) is 0 Å². The Labute approximate surface area is 161 Å². The Morgan fingerprint density at radius 2 is 1.78 bits per heavy atom. The Kier molecular flexibility index (Phi) is 4.81. The molecule has 1 aliphatic heterocycles. The molecule has 0 radical (unpaired) electrons. The fraction of sp³-hybridized carbons (Fsp3) is 0.235. The number of halogens is 5. The highest BCUT2D eigenvalue weighted by atomic mass is 35.5. The second-order valence-electron chi connectivity index (χ2n) is 6.10. The molecule has 0 aromatic heterocycles. The topological polar surface area (TPSA) is 64.7 Å². The molecule has 0 spiro atoms. The largest absolute Gasteiger partial charge is 0.435 e. The molecule has 3 rings (SSSR count). The maximum Gasteiger partial charge on any atom is 0.435 e. The number of nitrogens with zero attached hydrogens (tertiary/aromatic N) is 2. The third kappa shape index (κ3) is 3.59. The average Bonchev–Trinajstić information content (AvgIpc) is 3.00. The van der Waals surface area contributed by atoms with Crippen molar-refractivity contribution < 1.29 is 22.9 Å². The predicted octanol–water partition coefficient (Wildman–Crippen LogP) is 5.79. The van der Waals surface area contributed by atoms with Crippen LogP contribution < -0.4 is 0 Å². The van der Waals surface area contributed by atoms with Crippen LogP contribution in [0.15, 0.2) is 41.6 Å². The molecule has 0 aliphatic carbocycles. The molecule has 1 atom stereocenters. The molecule has 0 N–H and O–H groups in total. The maximum absolute atomic E-state index is 13.9. The smallest absolute Gasteiger partial charge is 0.374 e. The number of rotatable bonds is 3. The first-order valence-electron chi connectivity index (χ1n) is 7.57. The van der Waals surface area contributed by atoms with E-state index in [1.165, 1.54) is 18.2 Å². The van der Waals surface area contributed by atoms with E-state index in [0.717, 1.165) is 18.2 Å². The number of hydrogen-bond acceptors (Lipinski definition) is 4. The lowest BCUT2D eigenvalue weighted by molar-refractivity contribution is -0.384. The molecular weight excluding hydrogens is 408 g/mol. The highest BCUT2D eigenvalue weighted by Gasteiger charge is 2.62. The summed E-state index contributed by atoms with van der Waals surface area (Å²) in [4.78, 5) is 15.3. The third-order valence-corrected chi connectivity index (χ3v) is 4.56. The van der Waals surface area contributed by atoms with Gasteiger partial charge in [-0.3, -0.25) is 10.1 Å². The third-order valence-electron chi connectivity index (χ3n) is 4.12. The standard InChI is InChI=1S/C17H11Cl2F3N2O3/c1-9-2-10(4-14(3-9)24(25)26)15-8-16(27-23-15,17(20,21)22)11-5-12(18)7-13(19)6-11/h2-7H,8H2,1H3.